The number of nitrogens with zero attached hydrogens (tertiary/aromatic N) is 2. The van der Waals surface area contributed by atoms with Gasteiger partial charge in [-0.1, -0.05) is 50.3 Å². The van der Waals surface area contributed by atoms with Crippen molar-refractivity contribution in [3.05, 3.63) is 46.8 Å². The highest BCUT2D eigenvalue weighted by Crippen LogP contribution is 2.39. The fourth-order valence-electron chi connectivity index (χ4n) is 3.46. The summed E-state index contributed by atoms with van der Waals surface area (Å²) in [5, 5.41) is 2.56. The van der Waals surface area contributed by atoms with Gasteiger partial charge in [-0.2, -0.15) is 0 Å². The molecule has 0 saturated heterocycles. The van der Waals surface area contributed by atoms with E-state index in [1.807, 2.05) is 49.6 Å². The van der Waals surface area contributed by atoms with E-state index in [1.165, 1.54) is 11.3 Å². The topological polar surface area (TPSA) is 59.4 Å². The zero-order valence-electron chi connectivity index (χ0n) is 14.2. The van der Waals surface area contributed by atoms with Gasteiger partial charge in [0.05, 0.1) is 17.2 Å². The molecule has 0 spiro atoms. The smallest absolute Gasteiger partial charge is 0.279 e. The largest absolute Gasteiger partial charge is 0.299 e. The lowest BCUT2D eigenvalue weighted by Gasteiger charge is -2.34. The number of Topliss-reactive ketones (excluding diaryl/α,β-unsaturated/α-hetero) is 1. The number of fused-ring (bicyclic) bond motifs is 1. The molecule has 5 heteroatoms. The van der Waals surface area contributed by atoms with E-state index in [0.29, 0.717) is 29.1 Å². The molecule has 1 aliphatic carbocycles. The Balaban J connectivity index is 1.67. The van der Waals surface area contributed by atoms with Gasteiger partial charge in [-0.15, -0.1) is 11.3 Å². The third-order valence-electron chi connectivity index (χ3n) is 4.63. The first-order chi connectivity index (χ1) is 11.9. The summed E-state index contributed by atoms with van der Waals surface area (Å²) in [5.74, 6) is -0.518. The number of carbonyl (C=O) groups excluding carboxylic acids is 2. The summed E-state index contributed by atoms with van der Waals surface area (Å²) in [7, 11) is 0. The van der Waals surface area contributed by atoms with Crippen LogP contribution in [0.2, 0.25) is 0 Å². The number of aromatic nitrogens is 1. The number of thiazole rings is 1. The van der Waals surface area contributed by atoms with E-state index < -0.39 is 0 Å². The number of rotatable bonds is 2. The zero-order valence-corrected chi connectivity index (χ0v) is 15.0. The van der Waals surface area contributed by atoms with Crippen LogP contribution in [0.4, 0.5) is 0 Å². The van der Waals surface area contributed by atoms with E-state index in [1.54, 1.807) is 6.08 Å². The van der Waals surface area contributed by atoms with Crippen LogP contribution in [-0.2, 0) is 9.59 Å². The monoisotopic (exact) mass is 350 g/mol. The van der Waals surface area contributed by atoms with Crippen LogP contribution in [-0.4, -0.2) is 22.4 Å². The summed E-state index contributed by atoms with van der Waals surface area (Å²) < 4.78 is 0. The number of ketones is 1. The molecule has 1 aliphatic heterocycles. The maximum atomic E-state index is 12.5. The summed E-state index contributed by atoms with van der Waals surface area (Å²) in [6, 6.07) is 9.84. The van der Waals surface area contributed by atoms with Crippen molar-refractivity contribution in [3.8, 4) is 11.3 Å². The summed E-state index contributed by atoms with van der Waals surface area (Å²) in [4.78, 5) is 33.9. The highest BCUT2D eigenvalue weighted by molar-refractivity contribution is 7.11. The maximum absolute atomic E-state index is 12.5. The number of carbonyl (C=O) groups is 2. The Morgan fingerprint density at radius 3 is 2.64 bits per heavy atom. The first-order valence-electron chi connectivity index (χ1n) is 8.31. The molecule has 0 radical (unpaired) electrons. The second kappa shape index (κ2) is 5.85. The molecule has 1 unspecified atom stereocenters. The van der Waals surface area contributed by atoms with Crippen LogP contribution in [0, 0.1) is 11.3 Å². The fraction of sp³-hybridized carbons (Fsp3) is 0.300. The molecule has 1 aromatic heterocycles. The minimum atomic E-state index is -0.371. The molecule has 1 amide bonds. The molecular weight excluding hydrogens is 332 g/mol. The number of aliphatic imine (C=N–C) groups is 1. The van der Waals surface area contributed by atoms with Gasteiger partial charge < -0.3 is 0 Å². The zero-order chi connectivity index (χ0) is 17.6. The molecule has 1 atom stereocenters. The van der Waals surface area contributed by atoms with Gasteiger partial charge in [0.25, 0.3) is 5.91 Å². The van der Waals surface area contributed by atoms with Crippen molar-refractivity contribution in [2.24, 2.45) is 16.3 Å². The quantitative estimate of drug-likeness (QED) is 0.816. The van der Waals surface area contributed by atoms with Crippen molar-refractivity contribution >= 4 is 34.3 Å². The number of allylic oxidation sites excluding steroid dienone is 1. The molecule has 126 valence electrons. The molecule has 1 saturated carbocycles. The lowest BCUT2D eigenvalue weighted by molar-refractivity contribution is -0.122. The van der Waals surface area contributed by atoms with Crippen LogP contribution in [0.15, 0.2) is 46.8 Å². The number of dihydropyridines is 1. The van der Waals surface area contributed by atoms with Crippen LogP contribution in [0.1, 0.15) is 31.7 Å². The molecular formula is C20H18N2O2S. The van der Waals surface area contributed by atoms with Crippen molar-refractivity contribution in [1.82, 2.24) is 4.98 Å². The number of hydrogen-bond donors (Lipinski definition) is 0. The van der Waals surface area contributed by atoms with E-state index >= 15 is 0 Å². The van der Waals surface area contributed by atoms with E-state index in [-0.39, 0.29) is 23.0 Å². The molecule has 2 heterocycles. The van der Waals surface area contributed by atoms with Crippen molar-refractivity contribution in [2.45, 2.75) is 26.7 Å². The average Bonchev–Trinajstić information content (AvgIpc) is 3.04. The van der Waals surface area contributed by atoms with Crippen LogP contribution in [0.3, 0.4) is 0 Å². The Kier molecular flexibility index (Phi) is 3.76. The molecule has 0 bridgehead atoms. The molecule has 2 aliphatic rings. The van der Waals surface area contributed by atoms with Gasteiger partial charge >= 0.3 is 0 Å². The Hall–Kier alpha value is -2.40. The predicted molar refractivity (Wildman–Crippen MR) is 99.5 cm³/mol. The minimum absolute atomic E-state index is 0.125. The van der Waals surface area contributed by atoms with Crippen LogP contribution in [0.5, 0.6) is 0 Å². The highest BCUT2D eigenvalue weighted by Gasteiger charge is 2.40. The van der Waals surface area contributed by atoms with Crippen molar-refractivity contribution < 1.29 is 9.59 Å². The Morgan fingerprint density at radius 1 is 1.12 bits per heavy atom. The average molecular weight is 350 g/mol. The van der Waals surface area contributed by atoms with Gasteiger partial charge in [-0.05, 0) is 11.8 Å². The van der Waals surface area contributed by atoms with E-state index in [2.05, 4.69) is 9.98 Å². The fourth-order valence-corrected chi connectivity index (χ4v) is 4.30. The third-order valence-corrected chi connectivity index (χ3v) is 5.51. The third kappa shape index (κ3) is 3.00. The highest BCUT2D eigenvalue weighted by atomic mass is 32.1. The number of benzene rings is 1. The Labute approximate surface area is 150 Å². The van der Waals surface area contributed by atoms with Crippen LogP contribution >= 0.6 is 11.3 Å². The molecule has 4 rings (SSSR count). The van der Waals surface area contributed by atoms with Gasteiger partial charge in [0.15, 0.2) is 0 Å². The Morgan fingerprint density at radius 2 is 1.88 bits per heavy atom. The number of amides is 1. The van der Waals surface area contributed by atoms with Crippen molar-refractivity contribution in [3.63, 3.8) is 0 Å². The Bertz CT molecular complexity index is 922. The first-order valence-corrected chi connectivity index (χ1v) is 9.19. The van der Waals surface area contributed by atoms with Gasteiger partial charge in [-0.25, -0.2) is 9.98 Å². The summed E-state index contributed by atoms with van der Waals surface area (Å²) in [6.07, 6.45) is 2.98. The standard InChI is InChI=1S/C20H18N2O2S/c1-20(2)9-15-13(17(23)10-20)8-14(18(24)21-15)19-22-16(11-25-19)12-6-4-3-5-7-12/h3-8,11,13H,9-10H2,1-2H3. The van der Waals surface area contributed by atoms with Gasteiger partial charge in [0, 0.05) is 23.1 Å². The predicted octanol–water partition coefficient (Wildman–Crippen LogP) is 4.18. The maximum Gasteiger partial charge on any atom is 0.279 e. The van der Waals surface area contributed by atoms with Gasteiger partial charge in [0.2, 0.25) is 0 Å². The van der Waals surface area contributed by atoms with Crippen LogP contribution < -0.4 is 0 Å². The summed E-state index contributed by atoms with van der Waals surface area (Å²) >= 11 is 1.41. The second-order valence-corrected chi connectivity index (χ2v) is 8.21. The lowest BCUT2D eigenvalue weighted by atomic mass is 9.70. The van der Waals surface area contributed by atoms with Crippen molar-refractivity contribution in [1.29, 1.82) is 0 Å². The number of hydrogen-bond acceptors (Lipinski definition) is 4. The normalized spacial score (nSPS) is 22.2. The molecule has 2 aromatic rings. The van der Waals surface area contributed by atoms with Crippen LogP contribution in [0.25, 0.3) is 16.8 Å². The second-order valence-electron chi connectivity index (χ2n) is 7.35. The van der Waals surface area contributed by atoms with Crippen molar-refractivity contribution in [2.75, 3.05) is 0 Å². The van der Waals surface area contributed by atoms with Gasteiger partial charge in [-0.3, -0.25) is 9.59 Å². The lowest BCUT2D eigenvalue weighted by Crippen LogP contribution is -2.39. The summed E-state index contributed by atoms with van der Waals surface area (Å²) in [5.41, 5.74) is 2.87. The summed E-state index contributed by atoms with van der Waals surface area (Å²) in [6.45, 7) is 4.08. The molecule has 1 aromatic carbocycles. The molecule has 4 nitrogen and oxygen atoms in total. The molecule has 1 fully saturated rings. The molecule has 25 heavy (non-hydrogen) atoms. The van der Waals surface area contributed by atoms with E-state index in [9.17, 15) is 9.59 Å². The minimum Gasteiger partial charge on any atom is -0.299 e. The van der Waals surface area contributed by atoms with E-state index in [0.717, 1.165) is 11.3 Å². The first kappa shape index (κ1) is 16.1. The molecule has 0 N–H and O–H groups in total. The van der Waals surface area contributed by atoms with Gasteiger partial charge in [0.1, 0.15) is 10.8 Å². The van der Waals surface area contributed by atoms with E-state index in [4.69, 9.17) is 0 Å². The SMILES string of the molecule is CC1(C)CC(=O)C2C=C(c3nc(-c4ccccc4)cs3)C(=O)N=C2C1.